The molecule has 168 valence electrons. The molecule has 1 aromatic heterocycles. The van der Waals surface area contributed by atoms with Crippen molar-refractivity contribution in [1.29, 1.82) is 0 Å². The average Bonchev–Trinajstić information content (AvgIpc) is 3.12. The number of carbonyl (C=O) groups excluding carboxylic acids is 2. The number of hydrogen-bond acceptors (Lipinski definition) is 5. The van der Waals surface area contributed by atoms with Crippen molar-refractivity contribution in [3.05, 3.63) is 47.3 Å². The fourth-order valence-electron chi connectivity index (χ4n) is 3.25. The van der Waals surface area contributed by atoms with Crippen molar-refractivity contribution in [2.24, 2.45) is 0 Å². The first-order valence-electron chi connectivity index (χ1n) is 9.79. The van der Waals surface area contributed by atoms with Crippen LogP contribution in [0.15, 0.2) is 18.5 Å². The summed E-state index contributed by atoms with van der Waals surface area (Å²) in [5, 5.41) is 10.3. The van der Waals surface area contributed by atoms with Gasteiger partial charge >= 0.3 is 6.09 Å². The molecule has 0 saturated carbocycles. The van der Waals surface area contributed by atoms with Crippen LogP contribution in [0.1, 0.15) is 38.6 Å². The van der Waals surface area contributed by atoms with Crippen molar-refractivity contribution in [3.8, 4) is 0 Å². The molecule has 1 N–H and O–H groups in total. The number of nitrogens with one attached hydrogen (secondary N) is 1. The lowest BCUT2D eigenvalue weighted by Gasteiger charge is -2.29. The third-order valence-corrected chi connectivity index (χ3v) is 4.69. The predicted octanol–water partition coefficient (Wildman–Crippen LogP) is 2.56. The molecular weight excluding hydrogens is 415 g/mol. The summed E-state index contributed by atoms with van der Waals surface area (Å²) in [7, 11) is 0. The van der Waals surface area contributed by atoms with Crippen LogP contribution >= 0.6 is 0 Å². The first-order valence-corrected chi connectivity index (χ1v) is 9.79. The third kappa shape index (κ3) is 5.96. The highest BCUT2D eigenvalue weighted by Gasteiger charge is 2.27. The lowest BCUT2D eigenvalue weighted by molar-refractivity contribution is -0.133. The van der Waals surface area contributed by atoms with Gasteiger partial charge in [0.05, 0.1) is 6.54 Å². The molecule has 2 heterocycles. The van der Waals surface area contributed by atoms with Gasteiger partial charge in [-0.3, -0.25) is 4.79 Å². The number of carbonyl (C=O) groups is 2. The maximum absolute atomic E-state index is 14.2. The number of fused-ring (bicyclic) bond motifs is 1. The summed E-state index contributed by atoms with van der Waals surface area (Å²) in [6.45, 7) is 6.21. The molecule has 1 aromatic carbocycles. The zero-order valence-electron chi connectivity index (χ0n) is 17.5. The van der Waals surface area contributed by atoms with Gasteiger partial charge in [0.15, 0.2) is 17.5 Å². The van der Waals surface area contributed by atoms with Crippen molar-refractivity contribution >= 4 is 12.0 Å². The maximum Gasteiger partial charge on any atom is 0.407 e. The number of alkyl carbamates (subject to hydrolysis) is 1. The average molecular weight is 439 g/mol. The minimum Gasteiger partial charge on any atom is -0.444 e. The van der Waals surface area contributed by atoms with Gasteiger partial charge in [-0.25, -0.2) is 18.0 Å². The van der Waals surface area contributed by atoms with E-state index in [-0.39, 0.29) is 30.9 Å². The Labute approximate surface area is 177 Å². The smallest absolute Gasteiger partial charge is 0.407 e. The molecule has 3 rings (SSSR count). The number of aromatic nitrogens is 3. The van der Waals surface area contributed by atoms with E-state index in [1.54, 1.807) is 32.0 Å². The van der Waals surface area contributed by atoms with Gasteiger partial charge in [0.25, 0.3) is 0 Å². The standard InChI is InChI=1S/C20H24F3N5O3/c1-20(2,3)31-19(30)25-13(6-12-7-15(22)16(23)9-14(12)21)8-18(29)27-4-5-28-11-24-26-17(28)10-27/h7,9,11,13H,4-6,8,10H2,1-3H3,(H,25,30)/t13-/m1/s1. The van der Waals surface area contributed by atoms with Gasteiger partial charge in [0.2, 0.25) is 5.91 Å². The molecule has 8 nitrogen and oxygen atoms in total. The minimum atomic E-state index is -1.31. The molecular formula is C20H24F3N5O3. The number of ether oxygens (including phenoxy) is 1. The van der Waals surface area contributed by atoms with E-state index in [2.05, 4.69) is 15.5 Å². The quantitative estimate of drug-likeness (QED) is 0.724. The van der Waals surface area contributed by atoms with E-state index >= 15 is 0 Å². The highest BCUT2D eigenvalue weighted by atomic mass is 19.2. The number of rotatable bonds is 5. The molecule has 1 aliphatic rings. The molecule has 0 radical (unpaired) electrons. The van der Waals surface area contributed by atoms with Crippen LogP contribution in [0.3, 0.4) is 0 Å². The van der Waals surface area contributed by atoms with Crippen molar-refractivity contribution in [3.63, 3.8) is 0 Å². The summed E-state index contributed by atoms with van der Waals surface area (Å²) in [6, 6.07) is 0.262. The maximum atomic E-state index is 14.2. The van der Waals surface area contributed by atoms with Crippen molar-refractivity contribution < 1.29 is 27.5 Å². The monoisotopic (exact) mass is 439 g/mol. The molecule has 0 unspecified atom stereocenters. The second-order valence-electron chi connectivity index (χ2n) is 8.36. The second kappa shape index (κ2) is 8.94. The molecule has 0 bridgehead atoms. The molecule has 2 aromatic rings. The molecule has 1 aliphatic heterocycles. The van der Waals surface area contributed by atoms with Crippen LogP contribution in [-0.4, -0.2) is 49.9 Å². The second-order valence-corrected chi connectivity index (χ2v) is 8.36. The van der Waals surface area contributed by atoms with E-state index < -0.39 is 35.2 Å². The number of halogens is 3. The zero-order chi connectivity index (χ0) is 22.8. The molecule has 1 atom stereocenters. The van der Waals surface area contributed by atoms with Gasteiger partial charge in [-0.15, -0.1) is 10.2 Å². The van der Waals surface area contributed by atoms with Crippen molar-refractivity contribution in [1.82, 2.24) is 25.0 Å². The molecule has 2 amide bonds. The normalized spacial score (nSPS) is 14.7. The summed E-state index contributed by atoms with van der Waals surface area (Å²) in [5.74, 6) is -3.17. The number of amides is 2. The molecule has 0 saturated heterocycles. The summed E-state index contributed by atoms with van der Waals surface area (Å²) < 4.78 is 48.1. The van der Waals surface area contributed by atoms with Gasteiger partial charge in [-0.05, 0) is 38.8 Å². The van der Waals surface area contributed by atoms with Crippen LogP contribution in [-0.2, 0) is 29.0 Å². The van der Waals surface area contributed by atoms with Gasteiger partial charge < -0.3 is 19.5 Å². The Morgan fingerprint density at radius 1 is 1.16 bits per heavy atom. The predicted molar refractivity (Wildman–Crippen MR) is 103 cm³/mol. The molecule has 0 aliphatic carbocycles. The highest BCUT2D eigenvalue weighted by Crippen LogP contribution is 2.18. The number of hydrogen-bond donors (Lipinski definition) is 1. The van der Waals surface area contributed by atoms with Gasteiger partial charge in [0, 0.05) is 31.6 Å². The molecule has 11 heteroatoms. The van der Waals surface area contributed by atoms with E-state index in [0.717, 1.165) is 6.07 Å². The van der Waals surface area contributed by atoms with Crippen LogP contribution in [0, 0.1) is 17.5 Å². The Morgan fingerprint density at radius 2 is 1.87 bits per heavy atom. The molecule has 31 heavy (non-hydrogen) atoms. The van der Waals surface area contributed by atoms with Crippen molar-refractivity contribution in [2.45, 2.75) is 58.3 Å². The van der Waals surface area contributed by atoms with Crippen molar-refractivity contribution in [2.75, 3.05) is 6.54 Å². The van der Waals surface area contributed by atoms with E-state index in [0.29, 0.717) is 25.0 Å². The summed E-state index contributed by atoms with van der Waals surface area (Å²) in [4.78, 5) is 26.6. The Balaban J connectivity index is 1.74. The van der Waals surface area contributed by atoms with Crippen LogP contribution in [0.25, 0.3) is 0 Å². The van der Waals surface area contributed by atoms with Gasteiger partial charge in [0.1, 0.15) is 17.7 Å². The molecule has 0 spiro atoms. The van der Waals surface area contributed by atoms with Crippen LogP contribution in [0.5, 0.6) is 0 Å². The van der Waals surface area contributed by atoms with Gasteiger partial charge in [-0.2, -0.15) is 0 Å². The zero-order valence-corrected chi connectivity index (χ0v) is 17.5. The lowest BCUT2D eigenvalue weighted by Crippen LogP contribution is -2.45. The van der Waals surface area contributed by atoms with E-state index in [9.17, 15) is 22.8 Å². The topological polar surface area (TPSA) is 89.4 Å². The fourth-order valence-corrected chi connectivity index (χ4v) is 3.25. The first-order chi connectivity index (χ1) is 14.5. The lowest BCUT2D eigenvalue weighted by atomic mass is 10.0. The van der Waals surface area contributed by atoms with Gasteiger partial charge in [-0.1, -0.05) is 0 Å². The first kappa shape index (κ1) is 22.6. The van der Waals surface area contributed by atoms with E-state index in [1.807, 2.05) is 4.57 Å². The summed E-state index contributed by atoms with van der Waals surface area (Å²) in [6.07, 6.45) is 0.367. The van der Waals surface area contributed by atoms with Crippen LogP contribution in [0.2, 0.25) is 0 Å². The Bertz CT molecular complexity index is 973. The number of nitrogens with zero attached hydrogens (tertiary/aromatic N) is 4. The van der Waals surface area contributed by atoms with Crippen LogP contribution < -0.4 is 5.32 Å². The Kier molecular flexibility index (Phi) is 6.51. The largest absolute Gasteiger partial charge is 0.444 e. The Morgan fingerprint density at radius 3 is 2.58 bits per heavy atom. The third-order valence-electron chi connectivity index (χ3n) is 4.69. The minimum absolute atomic E-state index is 0.161. The molecule has 0 fully saturated rings. The Hall–Kier alpha value is -3.11. The SMILES string of the molecule is CC(C)(C)OC(=O)N[C@@H](CC(=O)N1CCn2cnnc2C1)Cc1cc(F)c(F)cc1F. The summed E-state index contributed by atoms with van der Waals surface area (Å²) >= 11 is 0. The summed E-state index contributed by atoms with van der Waals surface area (Å²) in [5.41, 5.74) is -0.950. The fraction of sp³-hybridized carbons (Fsp3) is 0.500. The van der Waals surface area contributed by atoms with Crippen LogP contribution in [0.4, 0.5) is 18.0 Å². The number of benzene rings is 1. The van der Waals surface area contributed by atoms with E-state index in [4.69, 9.17) is 4.74 Å². The highest BCUT2D eigenvalue weighted by molar-refractivity contribution is 5.78. The van der Waals surface area contributed by atoms with E-state index in [1.165, 1.54) is 0 Å².